The van der Waals surface area contributed by atoms with Crippen LogP contribution in [0, 0.1) is 0 Å². The van der Waals surface area contributed by atoms with Crippen molar-refractivity contribution in [3.05, 3.63) is 107 Å². The highest BCUT2D eigenvalue weighted by Gasteiger charge is 2.37. The van der Waals surface area contributed by atoms with E-state index in [4.69, 9.17) is 9.47 Å². The van der Waals surface area contributed by atoms with E-state index in [9.17, 15) is 14.4 Å². The van der Waals surface area contributed by atoms with E-state index in [1.54, 1.807) is 62.6 Å². The Bertz CT molecular complexity index is 1440. The largest absolute Gasteiger partial charge is 0.497 e. The maximum Gasteiger partial charge on any atom is 0.313 e. The Balaban J connectivity index is 1.33. The van der Waals surface area contributed by atoms with Crippen molar-refractivity contribution in [3.8, 4) is 5.75 Å². The second kappa shape index (κ2) is 9.06. The summed E-state index contributed by atoms with van der Waals surface area (Å²) in [6.07, 6.45) is 0. The number of carbonyl (C=O) groups is 3. The monoisotopic (exact) mass is 465 g/mol. The molecule has 0 saturated heterocycles. The Morgan fingerprint density at radius 2 is 1.46 bits per heavy atom. The number of imide groups is 1. The molecule has 1 heterocycles. The van der Waals surface area contributed by atoms with Crippen LogP contribution in [0.25, 0.3) is 10.8 Å². The highest BCUT2D eigenvalue weighted by atomic mass is 16.5. The number of nitrogens with zero attached hydrogens (tertiary/aromatic N) is 1. The van der Waals surface area contributed by atoms with E-state index in [0.717, 1.165) is 27.0 Å². The second-order valence-electron chi connectivity index (χ2n) is 8.42. The highest BCUT2D eigenvalue weighted by molar-refractivity contribution is 6.34. The third kappa shape index (κ3) is 4.04. The number of ether oxygens (including phenoxy) is 2. The number of fused-ring (bicyclic) bond motifs is 2. The number of esters is 1. The fourth-order valence-electron chi connectivity index (χ4n) is 4.31. The molecule has 1 aliphatic rings. The molecule has 0 fully saturated rings. The lowest BCUT2D eigenvalue weighted by atomic mass is 9.98. The Labute approximate surface area is 202 Å². The summed E-state index contributed by atoms with van der Waals surface area (Å²) in [6.45, 7) is 1.74. The van der Waals surface area contributed by atoms with Crippen molar-refractivity contribution < 1.29 is 23.9 Å². The molecular weight excluding hydrogens is 442 g/mol. The molecule has 0 aliphatic carbocycles. The number of methoxy groups -OCH3 is 1. The van der Waals surface area contributed by atoms with Crippen LogP contribution in [0.1, 0.15) is 44.7 Å². The molecule has 0 bridgehead atoms. The summed E-state index contributed by atoms with van der Waals surface area (Å²) in [5.74, 6) is -0.881. The van der Waals surface area contributed by atoms with Crippen LogP contribution in [-0.4, -0.2) is 24.9 Å². The summed E-state index contributed by atoms with van der Waals surface area (Å²) < 4.78 is 10.9. The molecule has 2 amide bonds. The average molecular weight is 466 g/mol. The minimum atomic E-state index is -0.493. The number of rotatable bonds is 6. The van der Waals surface area contributed by atoms with Gasteiger partial charge in [0, 0.05) is 5.56 Å². The Morgan fingerprint density at radius 1 is 0.829 bits per heavy atom. The molecule has 1 aliphatic heterocycles. The first-order valence-corrected chi connectivity index (χ1v) is 11.3. The van der Waals surface area contributed by atoms with Gasteiger partial charge in [-0.2, -0.15) is 0 Å². The van der Waals surface area contributed by atoms with Crippen LogP contribution in [0.2, 0.25) is 0 Å². The van der Waals surface area contributed by atoms with Gasteiger partial charge >= 0.3 is 5.97 Å². The third-order valence-corrected chi connectivity index (χ3v) is 6.32. The van der Waals surface area contributed by atoms with E-state index in [1.165, 1.54) is 0 Å². The van der Waals surface area contributed by atoms with Gasteiger partial charge in [0.05, 0.1) is 29.8 Å². The van der Waals surface area contributed by atoms with Crippen LogP contribution in [0.5, 0.6) is 5.75 Å². The van der Waals surface area contributed by atoms with Gasteiger partial charge in [0.25, 0.3) is 11.8 Å². The predicted octanol–water partition coefficient (Wildman–Crippen LogP) is 5.50. The van der Waals surface area contributed by atoms with Gasteiger partial charge in [-0.1, -0.05) is 54.6 Å². The van der Waals surface area contributed by atoms with Crippen molar-refractivity contribution in [2.24, 2.45) is 0 Å². The fourth-order valence-corrected chi connectivity index (χ4v) is 4.31. The van der Waals surface area contributed by atoms with E-state index in [1.807, 2.05) is 36.4 Å². The lowest BCUT2D eigenvalue weighted by molar-refractivity contribution is -0.146. The maximum absolute atomic E-state index is 12.9. The number of para-hydroxylation sites is 1. The zero-order valence-corrected chi connectivity index (χ0v) is 19.4. The molecule has 174 valence electrons. The van der Waals surface area contributed by atoms with E-state index >= 15 is 0 Å². The lowest BCUT2D eigenvalue weighted by Crippen LogP contribution is -2.30. The first-order chi connectivity index (χ1) is 17.0. The number of anilines is 1. The molecule has 1 atom stereocenters. The molecule has 4 aromatic carbocycles. The van der Waals surface area contributed by atoms with Crippen LogP contribution in [0.4, 0.5) is 5.69 Å². The number of benzene rings is 4. The molecule has 0 N–H and O–H groups in total. The topological polar surface area (TPSA) is 72.9 Å². The van der Waals surface area contributed by atoms with Gasteiger partial charge in [-0.05, 0) is 53.6 Å². The molecule has 1 unspecified atom stereocenters. The van der Waals surface area contributed by atoms with Gasteiger partial charge in [-0.25, -0.2) is 4.90 Å². The van der Waals surface area contributed by atoms with Gasteiger partial charge in [0.15, 0.2) is 0 Å². The van der Waals surface area contributed by atoms with Crippen molar-refractivity contribution in [1.82, 2.24) is 0 Å². The number of hydrogen-bond acceptors (Lipinski definition) is 5. The Kier molecular flexibility index (Phi) is 5.79. The van der Waals surface area contributed by atoms with Crippen LogP contribution >= 0.6 is 0 Å². The quantitative estimate of drug-likeness (QED) is 0.278. The van der Waals surface area contributed by atoms with E-state index in [2.05, 4.69) is 0 Å². The SMILES string of the molecule is COc1ccc2cc(C(C)C(=O)OCc3ccccc3N3C(=O)c4ccccc4C3=O)ccc2c1. The fraction of sp³-hybridized carbons (Fsp3) is 0.138. The van der Waals surface area contributed by atoms with Gasteiger partial charge in [0.2, 0.25) is 0 Å². The first-order valence-electron chi connectivity index (χ1n) is 11.3. The molecule has 0 radical (unpaired) electrons. The maximum atomic E-state index is 12.9. The van der Waals surface area contributed by atoms with Crippen LogP contribution in [0.3, 0.4) is 0 Å². The van der Waals surface area contributed by atoms with E-state index in [0.29, 0.717) is 22.4 Å². The summed E-state index contributed by atoms with van der Waals surface area (Å²) in [5, 5.41) is 2.02. The number of hydrogen-bond donors (Lipinski definition) is 0. The lowest BCUT2D eigenvalue weighted by Gasteiger charge is -2.19. The van der Waals surface area contributed by atoms with Crippen molar-refractivity contribution in [3.63, 3.8) is 0 Å². The summed E-state index contributed by atoms with van der Waals surface area (Å²) in [4.78, 5) is 39.9. The van der Waals surface area contributed by atoms with Crippen molar-refractivity contribution >= 4 is 34.2 Å². The molecule has 6 nitrogen and oxygen atoms in total. The van der Waals surface area contributed by atoms with E-state index < -0.39 is 11.9 Å². The van der Waals surface area contributed by atoms with Gasteiger partial charge < -0.3 is 9.47 Å². The summed E-state index contributed by atoms with van der Waals surface area (Å²) in [7, 11) is 1.63. The molecule has 6 heteroatoms. The summed E-state index contributed by atoms with van der Waals surface area (Å²) in [5.41, 5.74) is 2.56. The van der Waals surface area contributed by atoms with Gasteiger partial charge in [-0.15, -0.1) is 0 Å². The molecular formula is C29H23NO5. The minimum Gasteiger partial charge on any atom is -0.497 e. The summed E-state index contributed by atoms with van der Waals surface area (Å²) >= 11 is 0. The average Bonchev–Trinajstić information content (AvgIpc) is 3.16. The van der Waals surface area contributed by atoms with Gasteiger partial charge in [0.1, 0.15) is 12.4 Å². The third-order valence-electron chi connectivity index (χ3n) is 6.32. The van der Waals surface area contributed by atoms with Crippen LogP contribution in [-0.2, 0) is 16.1 Å². The molecule has 0 spiro atoms. The zero-order valence-electron chi connectivity index (χ0n) is 19.4. The number of carbonyl (C=O) groups excluding carboxylic acids is 3. The molecule has 0 aromatic heterocycles. The Hall–Kier alpha value is -4.45. The standard InChI is InChI=1S/C29H23NO5/c1-18(19-11-12-21-16-23(34-2)14-13-20(21)15-19)29(33)35-17-22-7-3-6-10-26(22)30-27(31)24-8-4-5-9-25(24)28(30)32/h3-16,18H,17H2,1-2H3. The minimum absolute atomic E-state index is 0.0580. The van der Waals surface area contributed by atoms with Crippen molar-refractivity contribution in [2.75, 3.05) is 12.0 Å². The second-order valence-corrected chi connectivity index (χ2v) is 8.42. The first kappa shape index (κ1) is 22.3. The molecule has 35 heavy (non-hydrogen) atoms. The highest BCUT2D eigenvalue weighted by Crippen LogP contribution is 2.32. The Morgan fingerprint density at radius 3 is 2.17 bits per heavy atom. The van der Waals surface area contributed by atoms with Crippen molar-refractivity contribution in [1.29, 1.82) is 0 Å². The zero-order chi connectivity index (χ0) is 24.5. The number of amides is 2. The van der Waals surface area contributed by atoms with Gasteiger partial charge in [-0.3, -0.25) is 14.4 Å². The van der Waals surface area contributed by atoms with Crippen LogP contribution < -0.4 is 9.64 Å². The normalized spacial score (nSPS) is 13.6. The smallest absolute Gasteiger partial charge is 0.313 e. The van der Waals surface area contributed by atoms with E-state index in [-0.39, 0.29) is 18.4 Å². The predicted molar refractivity (Wildman–Crippen MR) is 133 cm³/mol. The molecule has 4 aromatic rings. The molecule has 0 saturated carbocycles. The summed E-state index contributed by atoms with van der Waals surface area (Å²) in [6, 6.07) is 25.3. The van der Waals surface area contributed by atoms with Crippen LogP contribution in [0.15, 0.2) is 84.9 Å². The molecule has 5 rings (SSSR count). The van der Waals surface area contributed by atoms with Crippen molar-refractivity contribution in [2.45, 2.75) is 19.4 Å².